The van der Waals surface area contributed by atoms with Crippen molar-refractivity contribution in [1.29, 1.82) is 0 Å². The highest BCUT2D eigenvalue weighted by molar-refractivity contribution is 5.66. The van der Waals surface area contributed by atoms with Gasteiger partial charge in [0, 0.05) is 6.20 Å². The molecule has 4 aromatic rings. The molecule has 2 saturated carbocycles. The number of fused-ring (bicyclic) bond motifs is 3. The van der Waals surface area contributed by atoms with Crippen LogP contribution < -0.4 is 0 Å². The molecule has 0 spiro atoms. The lowest BCUT2D eigenvalue weighted by molar-refractivity contribution is -0.220. The van der Waals surface area contributed by atoms with Crippen LogP contribution in [0.25, 0.3) is 22.8 Å². The molecule has 7 rings (SSSR count). The lowest BCUT2D eigenvalue weighted by atomic mass is 9.27. The Kier molecular flexibility index (Phi) is 4.66. The number of rotatable bonds is 5. The second-order valence-electron chi connectivity index (χ2n) is 11.5. The van der Waals surface area contributed by atoms with E-state index in [9.17, 15) is 22.7 Å². The number of alkyl halides is 2. The van der Waals surface area contributed by atoms with Gasteiger partial charge in [0.05, 0.1) is 34.3 Å². The first-order valence-corrected chi connectivity index (χ1v) is 12.6. The molecular weight excluding hydrogens is 514 g/mol. The lowest BCUT2D eigenvalue weighted by Gasteiger charge is -2.75. The maximum atomic E-state index is 14.6. The highest BCUT2D eigenvalue weighted by atomic mass is 19.3. The molecule has 200 valence electrons. The molecule has 11 heteroatoms. The van der Waals surface area contributed by atoms with E-state index >= 15 is 0 Å². The van der Waals surface area contributed by atoms with Crippen molar-refractivity contribution in [2.75, 3.05) is 0 Å². The molecule has 2 unspecified atom stereocenters. The van der Waals surface area contributed by atoms with Crippen LogP contribution in [0, 0.1) is 22.5 Å². The van der Waals surface area contributed by atoms with Gasteiger partial charge >= 0.3 is 0 Å². The minimum atomic E-state index is -3.06. The molecule has 3 heterocycles. The van der Waals surface area contributed by atoms with Crippen LogP contribution in [0.1, 0.15) is 62.2 Å². The third kappa shape index (κ3) is 2.78. The van der Waals surface area contributed by atoms with Gasteiger partial charge in [-0.2, -0.15) is 5.10 Å². The van der Waals surface area contributed by atoms with Crippen molar-refractivity contribution in [1.82, 2.24) is 25.1 Å². The summed E-state index contributed by atoms with van der Waals surface area (Å²) < 4.78 is 61.2. The molecule has 7 nitrogen and oxygen atoms in total. The highest BCUT2D eigenvalue weighted by Crippen LogP contribution is 2.88. The smallest absolute Gasteiger partial charge is 0.272 e. The van der Waals surface area contributed by atoms with Crippen molar-refractivity contribution in [3.63, 3.8) is 0 Å². The summed E-state index contributed by atoms with van der Waals surface area (Å²) in [5.74, 6) is -1.39. The number of aromatic nitrogens is 5. The number of benzene rings is 1. The average molecular weight is 538 g/mol. The SMILES string of the molecule is CC12C[C@H]3c4cc(-c5c(F)cccc5F)nnc4[C@@](c4cncc(-c5nc([C@](C)(O)C(F)F)co5)n4)(C1)C32C. The fraction of sp³-hybridized carbons (Fsp3) is 0.393. The van der Waals surface area contributed by atoms with Gasteiger partial charge < -0.3 is 9.52 Å². The normalized spacial score (nSPS) is 29.8. The Morgan fingerprint density at radius 3 is 2.51 bits per heavy atom. The summed E-state index contributed by atoms with van der Waals surface area (Å²) in [7, 11) is 0. The van der Waals surface area contributed by atoms with Crippen LogP contribution in [-0.4, -0.2) is 36.7 Å². The second-order valence-corrected chi connectivity index (χ2v) is 11.5. The fourth-order valence-electron chi connectivity index (χ4n) is 7.39. The number of halogens is 4. The van der Waals surface area contributed by atoms with Crippen LogP contribution in [0.15, 0.2) is 47.3 Å². The van der Waals surface area contributed by atoms with Crippen LogP contribution in [0.3, 0.4) is 0 Å². The van der Waals surface area contributed by atoms with Crippen molar-refractivity contribution in [2.45, 2.75) is 57.0 Å². The first-order valence-electron chi connectivity index (χ1n) is 12.6. The number of oxazole rings is 1. The Hall–Kier alpha value is -3.73. The molecule has 0 saturated heterocycles. The van der Waals surface area contributed by atoms with Gasteiger partial charge in [-0.25, -0.2) is 27.5 Å². The Balaban J connectivity index is 1.35. The minimum absolute atomic E-state index is 0.00840. The van der Waals surface area contributed by atoms with E-state index in [0.717, 1.165) is 31.6 Å². The molecule has 39 heavy (non-hydrogen) atoms. The van der Waals surface area contributed by atoms with Crippen molar-refractivity contribution >= 4 is 0 Å². The molecule has 1 N–H and O–H groups in total. The van der Waals surface area contributed by atoms with Crippen molar-refractivity contribution in [3.05, 3.63) is 77.2 Å². The maximum absolute atomic E-state index is 14.6. The standard InChI is InChI=1S/C28H23F4N5O2/c1-25-8-14-13-7-17(21-15(29)5-4-6-16(21)30)36-37-22(13)28(12-25,27(14,25)3)19-10-33-9-18(34-19)23-35-20(11-39-23)26(2,38)24(31)32/h4-7,9-11,14,24,38H,8,12H2,1-3H3/t14-,25?,26-,27?,28-/m0/s1. The van der Waals surface area contributed by atoms with Crippen LogP contribution in [0.2, 0.25) is 0 Å². The summed E-state index contributed by atoms with van der Waals surface area (Å²) in [6.45, 7) is 5.35. The largest absolute Gasteiger partial charge is 0.443 e. The Bertz CT molecular complexity index is 1660. The number of nitrogens with zero attached hydrogens (tertiary/aromatic N) is 5. The fourth-order valence-corrected chi connectivity index (χ4v) is 7.39. The van der Waals surface area contributed by atoms with Crippen LogP contribution >= 0.6 is 0 Å². The summed E-state index contributed by atoms with van der Waals surface area (Å²) in [6, 6.07) is 5.43. The van der Waals surface area contributed by atoms with Gasteiger partial charge in [-0.15, -0.1) is 5.10 Å². The van der Waals surface area contributed by atoms with Gasteiger partial charge in [-0.1, -0.05) is 19.9 Å². The topological polar surface area (TPSA) is 97.8 Å². The van der Waals surface area contributed by atoms with Gasteiger partial charge in [0.25, 0.3) is 6.43 Å². The molecule has 0 radical (unpaired) electrons. The Morgan fingerprint density at radius 2 is 1.82 bits per heavy atom. The molecule has 5 atom stereocenters. The van der Waals surface area contributed by atoms with E-state index in [4.69, 9.17) is 9.40 Å². The molecule has 3 aliphatic rings. The van der Waals surface area contributed by atoms with Gasteiger partial charge in [-0.05, 0) is 60.3 Å². The van der Waals surface area contributed by atoms with Crippen molar-refractivity contribution in [2.24, 2.45) is 10.8 Å². The predicted molar refractivity (Wildman–Crippen MR) is 129 cm³/mol. The quantitative estimate of drug-likeness (QED) is 0.334. The molecule has 0 aliphatic heterocycles. The molecular formula is C28H23F4N5O2. The maximum Gasteiger partial charge on any atom is 0.272 e. The number of hydrogen-bond acceptors (Lipinski definition) is 7. The summed E-state index contributed by atoms with van der Waals surface area (Å²) in [6.07, 6.45) is 2.59. The zero-order valence-electron chi connectivity index (χ0n) is 21.2. The third-order valence-electron chi connectivity index (χ3n) is 9.71. The molecule has 0 bridgehead atoms. The summed E-state index contributed by atoms with van der Waals surface area (Å²) in [5.41, 5.74) is -1.43. The lowest BCUT2D eigenvalue weighted by Crippen LogP contribution is -2.72. The van der Waals surface area contributed by atoms with Gasteiger partial charge in [0.1, 0.15) is 29.3 Å². The summed E-state index contributed by atoms with van der Waals surface area (Å²) >= 11 is 0. The Labute approximate surface area is 220 Å². The molecule has 0 amide bonds. The van der Waals surface area contributed by atoms with Crippen LogP contribution in [0.5, 0.6) is 0 Å². The first-order chi connectivity index (χ1) is 18.4. The van der Waals surface area contributed by atoms with E-state index in [-0.39, 0.29) is 45.3 Å². The number of hydrogen-bond donors (Lipinski definition) is 1. The second kappa shape index (κ2) is 7.47. The van der Waals surface area contributed by atoms with Crippen LogP contribution in [0.4, 0.5) is 17.6 Å². The Morgan fingerprint density at radius 1 is 1.08 bits per heavy atom. The van der Waals surface area contributed by atoms with Crippen LogP contribution in [-0.2, 0) is 11.0 Å². The molecule has 3 aromatic heterocycles. The highest BCUT2D eigenvalue weighted by Gasteiger charge is 2.84. The monoisotopic (exact) mass is 537 g/mol. The van der Waals surface area contributed by atoms with Gasteiger partial charge in [0.2, 0.25) is 5.89 Å². The predicted octanol–water partition coefficient (Wildman–Crippen LogP) is 5.54. The molecule has 3 aliphatic carbocycles. The molecule has 1 aromatic carbocycles. The zero-order chi connectivity index (χ0) is 27.5. The zero-order valence-corrected chi connectivity index (χ0v) is 21.2. The van der Waals surface area contributed by atoms with E-state index in [1.54, 1.807) is 12.3 Å². The average Bonchev–Trinajstić information content (AvgIpc) is 3.41. The van der Waals surface area contributed by atoms with E-state index in [0.29, 0.717) is 11.4 Å². The van der Waals surface area contributed by atoms with E-state index < -0.39 is 29.1 Å². The van der Waals surface area contributed by atoms with Crippen molar-refractivity contribution in [3.8, 4) is 22.8 Å². The van der Waals surface area contributed by atoms with E-state index in [2.05, 4.69) is 34.0 Å². The first kappa shape index (κ1) is 24.3. The molecule has 2 fully saturated rings. The summed E-state index contributed by atoms with van der Waals surface area (Å²) in [4.78, 5) is 13.2. The third-order valence-corrected chi connectivity index (χ3v) is 9.71. The number of aliphatic hydroxyl groups is 1. The minimum Gasteiger partial charge on any atom is -0.443 e. The summed E-state index contributed by atoms with van der Waals surface area (Å²) in [5, 5.41) is 18.9. The van der Waals surface area contributed by atoms with Gasteiger partial charge in [-0.3, -0.25) is 4.98 Å². The van der Waals surface area contributed by atoms with E-state index in [1.165, 1.54) is 24.4 Å². The van der Waals surface area contributed by atoms with Crippen molar-refractivity contribution < 1.29 is 27.1 Å². The van der Waals surface area contributed by atoms with Gasteiger partial charge in [0.15, 0.2) is 5.60 Å². The van der Waals surface area contributed by atoms with E-state index in [1.807, 2.05) is 0 Å².